The van der Waals surface area contributed by atoms with Gasteiger partial charge in [-0.2, -0.15) is 4.31 Å². The lowest BCUT2D eigenvalue weighted by Crippen LogP contribution is -2.44. The van der Waals surface area contributed by atoms with Crippen LogP contribution in [0.15, 0.2) is 11.2 Å². The normalized spacial score (nSPS) is 25.7. The van der Waals surface area contributed by atoms with Gasteiger partial charge in [0.15, 0.2) is 5.03 Å². The Kier molecular flexibility index (Phi) is 3.98. The first-order valence-electron chi connectivity index (χ1n) is 6.58. The number of nitrogens with zero attached hydrogens (tertiary/aromatic N) is 3. The molecule has 2 rings (SSSR count). The number of aromatic nitrogens is 2. The fourth-order valence-electron chi connectivity index (χ4n) is 2.37. The number of rotatable bonds is 3. The van der Waals surface area contributed by atoms with E-state index in [1.807, 2.05) is 18.4 Å². The van der Waals surface area contributed by atoms with Crippen LogP contribution >= 0.6 is 0 Å². The zero-order valence-electron chi connectivity index (χ0n) is 11.6. The molecular weight excluding hydrogens is 266 g/mol. The quantitative estimate of drug-likeness (QED) is 0.883. The number of hydrogen-bond donors (Lipinski definition) is 1. The third-order valence-electron chi connectivity index (χ3n) is 3.72. The fourth-order valence-corrected chi connectivity index (χ4v) is 3.92. The van der Waals surface area contributed by atoms with Crippen LogP contribution in [0.5, 0.6) is 0 Å². The molecule has 1 aliphatic rings. The molecule has 19 heavy (non-hydrogen) atoms. The number of aliphatic hydroxyl groups excluding tert-OH is 1. The van der Waals surface area contributed by atoms with Gasteiger partial charge in [0, 0.05) is 25.8 Å². The molecule has 0 radical (unpaired) electrons. The van der Waals surface area contributed by atoms with Crippen molar-refractivity contribution in [2.75, 3.05) is 13.1 Å². The van der Waals surface area contributed by atoms with Crippen LogP contribution in [0.2, 0.25) is 0 Å². The standard InChI is InChI=1S/C12H21N3O3S/c1-4-14-8-12(13-10(14)3)19(17,18)15-6-5-11(16)9(2)7-15/h8-9,11,16H,4-7H2,1-3H3. The summed E-state index contributed by atoms with van der Waals surface area (Å²) in [6.45, 7) is 7.01. The highest BCUT2D eigenvalue weighted by atomic mass is 32.2. The zero-order valence-corrected chi connectivity index (χ0v) is 12.4. The molecule has 0 bridgehead atoms. The second-order valence-corrected chi connectivity index (χ2v) is 6.99. The van der Waals surface area contributed by atoms with Crippen LogP contribution in [-0.2, 0) is 16.6 Å². The average Bonchev–Trinajstić information content (AvgIpc) is 2.74. The lowest BCUT2D eigenvalue weighted by atomic mass is 9.99. The second kappa shape index (κ2) is 5.22. The van der Waals surface area contributed by atoms with E-state index in [0.29, 0.717) is 31.9 Å². The van der Waals surface area contributed by atoms with E-state index in [4.69, 9.17) is 0 Å². The minimum atomic E-state index is -3.54. The largest absolute Gasteiger partial charge is 0.393 e. The number of aliphatic hydroxyl groups is 1. The van der Waals surface area contributed by atoms with Gasteiger partial charge in [-0.15, -0.1) is 0 Å². The van der Waals surface area contributed by atoms with Gasteiger partial charge in [0.2, 0.25) is 0 Å². The van der Waals surface area contributed by atoms with Crippen molar-refractivity contribution in [3.63, 3.8) is 0 Å². The summed E-state index contributed by atoms with van der Waals surface area (Å²) in [5.74, 6) is 0.657. The summed E-state index contributed by atoms with van der Waals surface area (Å²) in [7, 11) is -3.54. The lowest BCUT2D eigenvalue weighted by Gasteiger charge is -2.32. The van der Waals surface area contributed by atoms with Gasteiger partial charge in [-0.25, -0.2) is 13.4 Å². The van der Waals surface area contributed by atoms with Crippen molar-refractivity contribution in [1.29, 1.82) is 0 Å². The molecule has 2 heterocycles. The first kappa shape index (κ1) is 14.5. The van der Waals surface area contributed by atoms with Gasteiger partial charge in [-0.1, -0.05) is 6.92 Å². The fraction of sp³-hybridized carbons (Fsp3) is 0.750. The van der Waals surface area contributed by atoms with E-state index < -0.39 is 16.1 Å². The molecule has 2 unspecified atom stereocenters. The maximum absolute atomic E-state index is 12.5. The highest BCUT2D eigenvalue weighted by Gasteiger charge is 2.34. The number of aryl methyl sites for hydroxylation is 2. The number of sulfonamides is 1. The minimum Gasteiger partial charge on any atom is -0.393 e. The van der Waals surface area contributed by atoms with Crippen molar-refractivity contribution < 1.29 is 13.5 Å². The number of piperidine rings is 1. The number of imidazole rings is 1. The Balaban J connectivity index is 2.27. The molecule has 1 fully saturated rings. The molecule has 0 saturated carbocycles. The molecule has 7 heteroatoms. The predicted octanol–water partition coefficient (Wildman–Crippen LogP) is 0.603. The first-order chi connectivity index (χ1) is 8.86. The molecule has 1 N–H and O–H groups in total. The molecule has 0 aromatic carbocycles. The molecule has 0 amide bonds. The Morgan fingerprint density at radius 2 is 2.21 bits per heavy atom. The van der Waals surface area contributed by atoms with E-state index in [9.17, 15) is 13.5 Å². The summed E-state index contributed by atoms with van der Waals surface area (Å²) in [5.41, 5.74) is 0. The highest BCUT2D eigenvalue weighted by Crippen LogP contribution is 2.23. The van der Waals surface area contributed by atoms with Crippen LogP contribution in [0.4, 0.5) is 0 Å². The van der Waals surface area contributed by atoms with Crippen LogP contribution in [0, 0.1) is 12.8 Å². The highest BCUT2D eigenvalue weighted by molar-refractivity contribution is 7.89. The summed E-state index contributed by atoms with van der Waals surface area (Å²) in [6.07, 6.45) is 1.65. The van der Waals surface area contributed by atoms with Crippen LogP contribution in [0.1, 0.15) is 26.1 Å². The summed E-state index contributed by atoms with van der Waals surface area (Å²) in [4.78, 5) is 4.14. The molecule has 0 aliphatic carbocycles. The SMILES string of the molecule is CCn1cc(S(=O)(=O)N2CCC(O)C(C)C2)nc1C. The van der Waals surface area contributed by atoms with Gasteiger partial charge in [-0.05, 0) is 26.2 Å². The zero-order chi connectivity index (χ0) is 14.2. The van der Waals surface area contributed by atoms with Crippen molar-refractivity contribution in [3.05, 3.63) is 12.0 Å². The van der Waals surface area contributed by atoms with Gasteiger partial charge in [-0.3, -0.25) is 0 Å². The first-order valence-corrected chi connectivity index (χ1v) is 8.02. The maximum Gasteiger partial charge on any atom is 0.262 e. The smallest absolute Gasteiger partial charge is 0.262 e. The molecule has 2 atom stereocenters. The Morgan fingerprint density at radius 3 is 2.74 bits per heavy atom. The topological polar surface area (TPSA) is 75.4 Å². The molecule has 1 aromatic heterocycles. The van der Waals surface area contributed by atoms with Gasteiger partial charge in [0.1, 0.15) is 5.82 Å². The monoisotopic (exact) mass is 287 g/mol. The molecule has 0 spiro atoms. The van der Waals surface area contributed by atoms with Crippen LogP contribution in [0.3, 0.4) is 0 Å². The van der Waals surface area contributed by atoms with Crippen LogP contribution in [-0.4, -0.2) is 46.6 Å². The third-order valence-corrected chi connectivity index (χ3v) is 5.46. The lowest BCUT2D eigenvalue weighted by molar-refractivity contribution is 0.0628. The van der Waals surface area contributed by atoms with Crippen molar-refractivity contribution >= 4 is 10.0 Å². The van der Waals surface area contributed by atoms with Gasteiger partial charge in [0.05, 0.1) is 6.10 Å². The van der Waals surface area contributed by atoms with Crippen molar-refractivity contribution in [2.24, 2.45) is 5.92 Å². The summed E-state index contributed by atoms with van der Waals surface area (Å²) < 4.78 is 28.2. The average molecular weight is 287 g/mol. The molecule has 1 aliphatic heterocycles. The van der Waals surface area contributed by atoms with E-state index in [1.165, 1.54) is 4.31 Å². The van der Waals surface area contributed by atoms with Crippen molar-refractivity contribution in [1.82, 2.24) is 13.9 Å². The minimum absolute atomic E-state index is 0.0436. The summed E-state index contributed by atoms with van der Waals surface area (Å²) >= 11 is 0. The number of hydrogen-bond acceptors (Lipinski definition) is 4. The third kappa shape index (κ3) is 2.68. The molecule has 1 saturated heterocycles. The molecular formula is C12H21N3O3S. The van der Waals surface area contributed by atoms with Crippen molar-refractivity contribution in [3.8, 4) is 0 Å². The van der Waals surface area contributed by atoms with Gasteiger partial charge >= 0.3 is 0 Å². The Bertz CT molecular complexity index is 553. The maximum atomic E-state index is 12.5. The van der Waals surface area contributed by atoms with Gasteiger partial charge in [0.25, 0.3) is 10.0 Å². The summed E-state index contributed by atoms with van der Waals surface area (Å²) in [6, 6.07) is 0. The Morgan fingerprint density at radius 1 is 1.53 bits per heavy atom. The van der Waals surface area contributed by atoms with E-state index in [-0.39, 0.29) is 10.9 Å². The predicted molar refractivity (Wildman–Crippen MR) is 71.2 cm³/mol. The van der Waals surface area contributed by atoms with Crippen LogP contribution < -0.4 is 0 Å². The van der Waals surface area contributed by atoms with Crippen molar-refractivity contribution in [2.45, 2.75) is 44.9 Å². The van der Waals surface area contributed by atoms with E-state index >= 15 is 0 Å². The Hall–Kier alpha value is -0.920. The van der Waals surface area contributed by atoms with Gasteiger partial charge < -0.3 is 9.67 Å². The van der Waals surface area contributed by atoms with E-state index in [2.05, 4.69) is 4.98 Å². The second-order valence-electron chi connectivity index (χ2n) is 5.11. The molecule has 6 nitrogen and oxygen atoms in total. The molecule has 108 valence electrons. The Labute approximate surface area is 114 Å². The van der Waals surface area contributed by atoms with E-state index in [0.717, 1.165) is 0 Å². The molecule has 1 aromatic rings. The van der Waals surface area contributed by atoms with Crippen LogP contribution in [0.25, 0.3) is 0 Å². The summed E-state index contributed by atoms with van der Waals surface area (Å²) in [5, 5.41) is 9.78. The van der Waals surface area contributed by atoms with E-state index in [1.54, 1.807) is 13.1 Å².